The second-order valence-corrected chi connectivity index (χ2v) is 9.38. The fourth-order valence-electron chi connectivity index (χ4n) is 3.12. The Kier molecular flexibility index (Phi) is 9.17. The third-order valence-corrected chi connectivity index (χ3v) is 6.19. The molecule has 3 aromatic carbocycles. The lowest BCUT2D eigenvalue weighted by Gasteiger charge is -2.15. The molecule has 0 fully saturated rings. The highest BCUT2D eigenvalue weighted by Gasteiger charge is 2.17. The second kappa shape index (κ2) is 12.1. The van der Waals surface area contributed by atoms with Gasteiger partial charge in [0.1, 0.15) is 18.2 Å². The molecule has 0 saturated carbocycles. The Morgan fingerprint density at radius 3 is 2.41 bits per heavy atom. The SMILES string of the molecule is CCOc1cc(/C=C(\C#N)C(=O)Nc2c(Br)cc(C)cc2Br)cc(Cl)c1OCc1ccccc1. The zero-order chi connectivity index (χ0) is 24.7. The number of ether oxygens (including phenoxy) is 2. The standard InChI is InChI=1S/C26H21Br2ClN2O3/c1-3-33-23-13-18(12-22(29)25(23)34-15-17-7-5-4-6-8-17)11-19(14-30)26(32)31-24-20(27)9-16(2)10-21(24)28/h4-13H,3,15H2,1-2H3,(H,31,32)/b19-11+. The molecule has 0 bridgehead atoms. The molecule has 0 aliphatic carbocycles. The summed E-state index contributed by atoms with van der Waals surface area (Å²) < 4.78 is 13.1. The van der Waals surface area contributed by atoms with Gasteiger partial charge in [-0.05, 0) is 92.7 Å². The number of carbonyl (C=O) groups excluding carboxylic acids is 1. The van der Waals surface area contributed by atoms with Gasteiger partial charge in [-0.2, -0.15) is 5.26 Å². The Morgan fingerprint density at radius 1 is 1.12 bits per heavy atom. The van der Waals surface area contributed by atoms with Gasteiger partial charge in [0.15, 0.2) is 11.5 Å². The van der Waals surface area contributed by atoms with Crippen LogP contribution in [0.3, 0.4) is 0 Å². The van der Waals surface area contributed by atoms with Crippen LogP contribution < -0.4 is 14.8 Å². The molecule has 0 unspecified atom stereocenters. The van der Waals surface area contributed by atoms with Crippen LogP contribution in [0.25, 0.3) is 6.08 Å². The predicted octanol–water partition coefficient (Wildman–Crippen LogP) is 7.70. The van der Waals surface area contributed by atoms with Gasteiger partial charge in [-0.1, -0.05) is 41.9 Å². The van der Waals surface area contributed by atoms with E-state index in [1.165, 1.54) is 6.08 Å². The highest BCUT2D eigenvalue weighted by Crippen LogP contribution is 2.38. The molecule has 0 spiro atoms. The molecule has 34 heavy (non-hydrogen) atoms. The summed E-state index contributed by atoms with van der Waals surface area (Å²) in [5.41, 5.74) is 2.99. The number of nitriles is 1. The summed E-state index contributed by atoms with van der Waals surface area (Å²) in [6.45, 7) is 4.51. The number of carbonyl (C=O) groups is 1. The molecule has 1 N–H and O–H groups in total. The number of anilines is 1. The average Bonchev–Trinajstić information content (AvgIpc) is 2.80. The number of hydrogen-bond donors (Lipinski definition) is 1. The van der Waals surface area contributed by atoms with Gasteiger partial charge in [-0.3, -0.25) is 4.79 Å². The van der Waals surface area contributed by atoms with Crippen molar-refractivity contribution in [2.24, 2.45) is 0 Å². The first-order chi connectivity index (χ1) is 16.3. The quantitative estimate of drug-likeness (QED) is 0.211. The van der Waals surface area contributed by atoms with Gasteiger partial charge in [-0.25, -0.2) is 0 Å². The van der Waals surface area contributed by atoms with Crippen LogP contribution in [-0.4, -0.2) is 12.5 Å². The molecule has 0 radical (unpaired) electrons. The van der Waals surface area contributed by atoms with Crippen LogP contribution >= 0.6 is 43.5 Å². The van der Waals surface area contributed by atoms with Gasteiger partial charge in [0.2, 0.25) is 0 Å². The zero-order valence-electron chi connectivity index (χ0n) is 18.5. The summed E-state index contributed by atoms with van der Waals surface area (Å²) in [6, 6.07) is 18.7. The number of rotatable bonds is 8. The van der Waals surface area contributed by atoms with Gasteiger partial charge in [0.05, 0.1) is 17.3 Å². The van der Waals surface area contributed by atoms with Crippen LogP contribution in [0.5, 0.6) is 11.5 Å². The Morgan fingerprint density at radius 2 is 1.79 bits per heavy atom. The minimum absolute atomic E-state index is 0.0872. The smallest absolute Gasteiger partial charge is 0.266 e. The van der Waals surface area contributed by atoms with Crippen LogP contribution in [0.2, 0.25) is 5.02 Å². The van der Waals surface area contributed by atoms with Gasteiger partial charge in [0, 0.05) is 8.95 Å². The van der Waals surface area contributed by atoms with Crippen molar-refractivity contribution in [2.45, 2.75) is 20.5 Å². The molecular formula is C26H21Br2ClN2O3. The summed E-state index contributed by atoms with van der Waals surface area (Å²) in [4.78, 5) is 12.8. The third kappa shape index (κ3) is 6.63. The van der Waals surface area contributed by atoms with Crippen molar-refractivity contribution in [3.63, 3.8) is 0 Å². The van der Waals surface area contributed by atoms with Gasteiger partial charge >= 0.3 is 0 Å². The van der Waals surface area contributed by atoms with E-state index in [0.29, 0.717) is 49.9 Å². The molecule has 0 atom stereocenters. The van der Waals surface area contributed by atoms with E-state index < -0.39 is 5.91 Å². The Labute approximate surface area is 220 Å². The van der Waals surface area contributed by atoms with E-state index in [1.807, 2.05) is 62.4 Å². The van der Waals surface area contributed by atoms with Crippen molar-refractivity contribution < 1.29 is 14.3 Å². The lowest BCUT2D eigenvalue weighted by atomic mass is 10.1. The topological polar surface area (TPSA) is 71.3 Å². The van der Waals surface area contributed by atoms with Crippen molar-refractivity contribution >= 4 is 61.1 Å². The molecule has 0 aromatic heterocycles. The summed E-state index contributed by atoms with van der Waals surface area (Å²) in [7, 11) is 0. The minimum Gasteiger partial charge on any atom is -0.490 e. The maximum Gasteiger partial charge on any atom is 0.266 e. The third-order valence-electron chi connectivity index (χ3n) is 4.66. The largest absolute Gasteiger partial charge is 0.490 e. The van der Waals surface area contributed by atoms with Crippen LogP contribution in [0.4, 0.5) is 5.69 Å². The number of nitrogens with one attached hydrogen (secondary N) is 1. The molecule has 8 heteroatoms. The molecule has 5 nitrogen and oxygen atoms in total. The molecule has 0 heterocycles. The van der Waals surface area contributed by atoms with E-state index in [1.54, 1.807) is 12.1 Å². The molecule has 0 aliphatic rings. The maximum atomic E-state index is 12.8. The first-order valence-corrected chi connectivity index (χ1v) is 12.3. The zero-order valence-corrected chi connectivity index (χ0v) is 22.4. The summed E-state index contributed by atoms with van der Waals surface area (Å²) >= 11 is 13.4. The Hall–Kier alpha value is -2.79. The highest BCUT2D eigenvalue weighted by atomic mass is 79.9. The lowest BCUT2D eigenvalue weighted by Crippen LogP contribution is -2.14. The number of nitrogens with zero attached hydrogens (tertiary/aromatic N) is 1. The van der Waals surface area contributed by atoms with Gasteiger partial charge in [-0.15, -0.1) is 0 Å². The van der Waals surface area contributed by atoms with Crippen molar-refractivity contribution in [3.05, 3.63) is 90.8 Å². The van der Waals surface area contributed by atoms with Crippen molar-refractivity contribution in [3.8, 4) is 17.6 Å². The van der Waals surface area contributed by atoms with E-state index in [-0.39, 0.29) is 5.57 Å². The predicted molar refractivity (Wildman–Crippen MR) is 142 cm³/mol. The summed E-state index contributed by atoms with van der Waals surface area (Å²) in [6.07, 6.45) is 1.46. The van der Waals surface area contributed by atoms with E-state index in [4.69, 9.17) is 21.1 Å². The number of hydrogen-bond acceptors (Lipinski definition) is 4. The van der Waals surface area contributed by atoms with Crippen molar-refractivity contribution in [1.29, 1.82) is 5.26 Å². The molecule has 0 aliphatic heterocycles. The normalized spacial score (nSPS) is 11.0. The van der Waals surface area contributed by atoms with E-state index >= 15 is 0 Å². The fraction of sp³-hybridized carbons (Fsp3) is 0.154. The average molecular weight is 605 g/mol. The molecule has 174 valence electrons. The maximum absolute atomic E-state index is 12.8. The Bertz CT molecular complexity index is 1250. The number of benzene rings is 3. The number of aryl methyl sites for hydroxylation is 1. The fourth-order valence-corrected chi connectivity index (χ4v) is 5.01. The van der Waals surface area contributed by atoms with E-state index in [9.17, 15) is 10.1 Å². The van der Waals surface area contributed by atoms with Gasteiger partial charge in [0.25, 0.3) is 5.91 Å². The molecule has 3 aromatic rings. The molecule has 3 rings (SSSR count). The second-order valence-electron chi connectivity index (χ2n) is 7.26. The first kappa shape index (κ1) is 25.8. The van der Waals surface area contributed by atoms with Crippen molar-refractivity contribution in [2.75, 3.05) is 11.9 Å². The van der Waals surface area contributed by atoms with E-state index in [2.05, 4.69) is 37.2 Å². The number of amides is 1. The lowest BCUT2D eigenvalue weighted by molar-refractivity contribution is -0.112. The molecule has 0 saturated heterocycles. The summed E-state index contributed by atoms with van der Waals surface area (Å²) in [5.74, 6) is 0.283. The molecular weight excluding hydrogens is 584 g/mol. The van der Waals surface area contributed by atoms with E-state index in [0.717, 1.165) is 11.1 Å². The monoisotopic (exact) mass is 602 g/mol. The Balaban J connectivity index is 1.88. The van der Waals surface area contributed by atoms with Crippen molar-refractivity contribution in [1.82, 2.24) is 0 Å². The van der Waals surface area contributed by atoms with Gasteiger partial charge < -0.3 is 14.8 Å². The van der Waals surface area contributed by atoms with Crippen LogP contribution in [0.15, 0.2) is 69.1 Å². The van der Waals surface area contributed by atoms with Crippen LogP contribution in [0, 0.1) is 18.3 Å². The minimum atomic E-state index is -0.550. The molecule has 1 amide bonds. The first-order valence-electron chi connectivity index (χ1n) is 10.3. The van der Waals surface area contributed by atoms with Crippen LogP contribution in [-0.2, 0) is 11.4 Å². The summed E-state index contributed by atoms with van der Waals surface area (Å²) in [5, 5.41) is 12.7. The highest BCUT2D eigenvalue weighted by molar-refractivity contribution is 9.11. The van der Waals surface area contributed by atoms with Crippen LogP contribution in [0.1, 0.15) is 23.6 Å². The number of halogens is 3.